The van der Waals surface area contributed by atoms with Crippen molar-refractivity contribution in [1.29, 1.82) is 0 Å². The number of nitrogens with one attached hydrogen (secondary N) is 3. The number of hydrogen-bond donors (Lipinski definition) is 3. The van der Waals surface area contributed by atoms with Crippen LogP contribution in [0.25, 0.3) is 0 Å². The molecule has 2 aromatic rings. The van der Waals surface area contributed by atoms with Crippen LogP contribution in [0.4, 0.5) is 5.69 Å². The number of benzene rings is 2. The molecule has 0 heterocycles. The molecule has 3 N–H and O–H groups in total. The summed E-state index contributed by atoms with van der Waals surface area (Å²) in [5, 5.41) is 9.03. The molecule has 0 atom stereocenters. The van der Waals surface area contributed by atoms with E-state index in [4.69, 9.17) is 4.74 Å². The van der Waals surface area contributed by atoms with E-state index in [1.165, 1.54) is 6.21 Å². The molecular formula is C22H26N4O4. The Balaban J connectivity index is 1.87. The summed E-state index contributed by atoms with van der Waals surface area (Å²) in [7, 11) is 0. The van der Waals surface area contributed by atoms with E-state index in [2.05, 4.69) is 21.2 Å². The van der Waals surface area contributed by atoms with Crippen LogP contribution < -0.4 is 20.8 Å². The highest BCUT2D eigenvalue weighted by Gasteiger charge is 2.12. The number of ether oxygens (including phenoxy) is 1. The predicted octanol–water partition coefficient (Wildman–Crippen LogP) is 2.30. The number of anilines is 1. The summed E-state index contributed by atoms with van der Waals surface area (Å²) < 4.78 is 5.53. The summed E-state index contributed by atoms with van der Waals surface area (Å²) in [5.74, 6) is -1.41. The van der Waals surface area contributed by atoms with Gasteiger partial charge >= 0.3 is 11.8 Å². The smallest absolute Gasteiger partial charge is 0.329 e. The van der Waals surface area contributed by atoms with Gasteiger partial charge in [-0.1, -0.05) is 18.2 Å². The molecule has 2 rings (SSSR count). The van der Waals surface area contributed by atoms with Gasteiger partial charge in [-0.25, -0.2) is 5.43 Å². The first kappa shape index (κ1) is 22.6. The number of amides is 3. The van der Waals surface area contributed by atoms with Gasteiger partial charge in [0.1, 0.15) is 5.75 Å². The van der Waals surface area contributed by atoms with Crippen LogP contribution in [0.5, 0.6) is 5.75 Å². The maximum Gasteiger partial charge on any atom is 0.329 e. The van der Waals surface area contributed by atoms with Crippen LogP contribution >= 0.6 is 0 Å². The van der Waals surface area contributed by atoms with Crippen molar-refractivity contribution in [1.82, 2.24) is 10.7 Å². The third-order valence-electron chi connectivity index (χ3n) is 3.74. The van der Waals surface area contributed by atoms with Crippen molar-refractivity contribution in [2.45, 2.75) is 33.7 Å². The van der Waals surface area contributed by atoms with Crippen molar-refractivity contribution < 1.29 is 19.1 Å². The minimum absolute atomic E-state index is 0.145. The van der Waals surface area contributed by atoms with E-state index < -0.39 is 11.8 Å². The number of carbonyl (C=O) groups is 3. The van der Waals surface area contributed by atoms with Gasteiger partial charge in [-0.15, -0.1) is 0 Å². The Morgan fingerprint density at radius 2 is 1.73 bits per heavy atom. The molecule has 0 bridgehead atoms. The van der Waals surface area contributed by atoms with Crippen LogP contribution in [0.15, 0.2) is 47.6 Å². The molecule has 0 aliphatic carbocycles. The largest absolute Gasteiger partial charge is 0.484 e. The monoisotopic (exact) mass is 410 g/mol. The molecular weight excluding hydrogens is 384 g/mol. The third kappa shape index (κ3) is 7.75. The fraction of sp³-hybridized carbons (Fsp3) is 0.273. The lowest BCUT2D eigenvalue weighted by Crippen LogP contribution is -2.41. The third-order valence-corrected chi connectivity index (χ3v) is 3.74. The second-order valence-electron chi connectivity index (χ2n) is 7.11. The molecule has 8 heteroatoms. The first-order valence-electron chi connectivity index (χ1n) is 9.48. The molecule has 30 heavy (non-hydrogen) atoms. The molecule has 0 saturated heterocycles. The van der Waals surface area contributed by atoms with E-state index in [0.29, 0.717) is 11.3 Å². The van der Waals surface area contributed by atoms with Gasteiger partial charge in [-0.05, 0) is 68.7 Å². The van der Waals surface area contributed by atoms with E-state index in [9.17, 15) is 14.4 Å². The second kappa shape index (κ2) is 10.8. The van der Waals surface area contributed by atoms with Crippen molar-refractivity contribution in [2.75, 3.05) is 11.9 Å². The topological polar surface area (TPSA) is 109 Å². The van der Waals surface area contributed by atoms with E-state index in [1.807, 2.05) is 32.0 Å². The highest BCUT2D eigenvalue weighted by atomic mass is 16.5. The minimum atomic E-state index is -0.851. The highest BCUT2D eigenvalue weighted by molar-refractivity contribution is 6.35. The molecule has 0 saturated carbocycles. The minimum Gasteiger partial charge on any atom is -0.484 e. The van der Waals surface area contributed by atoms with E-state index >= 15 is 0 Å². The van der Waals surface area contributed by atoms with Crippen molar-refractivity contribution in [3.8, 4) is 5.75 Å². The van der Waals surface area contributed by atoms with Crippen LogP contribution in [0, 0.1) is 13.8 Å². The van der Waals surface area contributed by atoms with E-state index in [1.54, 1.807) is 38.1 Å². The Morgan fingerprint density at radius 1 is 1.03 bits per heavy atom. The summed E-state index contributed by atoms with van der Waals surface area (Å²) in [6.45, 7) is 7.28. The molecule has 0 spiro atoms. The van der Waals surface area contributed by atoms with Gasteiger partial charge in [-0.2, -0.15) is 5.10 Å². The first-order chi connectivity index (χ1) is 14.2. The van der Waals surface area contributed by atoms with Crippen LogP contribution in [-0.4, -0.2) is 36.6 Å². The zero-order valence-corrected chi connectivity index (χ0v) is 17.5. The zero-order valence-electron chi connectivity index (χ0n) is 17.5. The summed E-state index contributed by atoms with van der Waals surface area (Å²) in [5.41, 5.74) is 5.63. The van der Waals surface area contributed by atoms with E-state index in [-0.39, 0.29) is 18.6 Å². The van der Waals surface area contributed by atoms with Gasteiger partial charge in [-0.3, -0.25) is 14.4 Å². The number of carbonyl (C=O) groups excluding carboxylic acids is 3. The van der Waals surface area contributed by atoms with Crippen LogP contribution in [0.3, 0.4) is 0 Å². The molecule has 2 aromatic carbocycles. The second-order valence-corrected chi connectivity index (χ2v) is 7.11. The molecule has 0 aliphatic rings. The molecule has 0 fully saturated rings. The van der Waals surface area contributed by atoms with Crippen LogP contribution in [0.2, 0.25) is 0 Å². The lowest BCUT2D eigenvalue weighted by molar-refractivity contribution is -0.139. The van der Waals surface area contributed by atoms with E-state index in [0.717, 1.165) is 16.8 Å². The van der Waals surface area contributed by atoms with Gasteiger partial charge in [0.15, 0.2) is 6.61 Å². The summed E-state index contributed by atoms with van der Waals surface area (Å²) in [4.78, 5) is 35.2. The summed E-state index contributed by atoms with van der Waals surface area (Å²) in [6.07, 6.45) is 1.38. The fourth-order valence-corrected chi connectivity index (χ4v) is 2.62. The predicted molar refractivity (Wildman–Crippen MR) is 115 cm³/mol. The van der Waals surface area contributed by atoms with Gasteiger partial charge < -0.3 is 15.4 Å². The number of nitrogens with zero attached hydrogens (tertiary/aromatic N) is 1. The molecule has 8 nitrogen and oxygen atoms in total. The normalized spacial score (nSPS) is 10.7. The van der Waals surface area contributed by atoms with Crippen molar-refractivity contribution in [2.24, 2.45) is 5.10 Å². The average molecular weight is 410 g/mol. The Kier molecular flexibility index (Phi) is 8.10. The van der Waals surface area contributed by atoms with Crippen molar-refractivity contribution >= 4 is 29.6 Å². The number of hydrazone groups is 1. The maximum absolute atomic E-state index is 12.1. The number of rotatable bonds is 7. The quantitative estimate of drug-likeness (QED) is 0.370. The number of hydrogen-bond acceptors (Lipinski definition) is 5. The SMILES string of the molecule is Cc1cc(C)cc(NC(=O)COc2cccc(/C=N\NC(=O)C(=O)NC(C)C)c2)c1. The molecule has 0 aromatic heterocycles. The molecule has 0 radical (unpaired) electrons. The fourth-order valence-electron chi connectivity index (χ4n) is 2.62. The molecule has 3 amide bonds. The lowest BCUT2D eigenvalue weighted by Gasteiger charge is -2.09. The number of aryl methyl sites for hydroxylation is 2. The van der Waals surface area contributed by atoms with Crippen LogP contribution in [-0.2, 0) is 14.4 Å². The molecule has 0 unspecified atom stereocenters. The van der Waals surface area contributed by atoms with Crippen LogP contribution in [0.1, 0.15) is 30.5 Å². The first-order valence-corrected chi connectivity index (χ1v) is 9.48. The Labute approximate surface area is 175 Å². The van der Waals surface area contributed by atoms with Gasteiger partial charge in [0.2, 0.25) is 0 Å². The summed E-state index contributed by atoms with van der Waals surface area (Å²) in [6, 6.07) is 12.5. The standard InChI is InChI=1S/C22H26N4O4/c1-14(2)24-21(28)22(29)26-23-12-17-6-5-7-19(11-17)30-13-20(27)25-18-9-15(3)8-16(4)10-18/h5-12,14H,13H2,1-4H3,(H,24,28)(H,25,27)(H,26,29)/b23-12-. The highest BCUT2D eigenvalue weighted by Crippen LogP contribution is 2.15. The van der Waals surface area contributed by atoms with Gasteiger partial charge in [0.05, 0.1) is 6.21 Å². The van der Waals surface area contributed by atoms with Crippen molar-refractivity contribution in [3.05, 3.63) is 59.2 Å². The Morgan fingerprint density at radius 3 is 2.40 bits per heavy atom. The van der Waals surface area contributed by atoms with Gasteiger partial charge in [0.25, 0.3) is 5.91 Å². The molecule has 158 valence electrons. The van der Waals surface area contributed by atoms with Crippen molar-refractivity contribution in [3.63, 3.8) is 0 Å². The maximum atomic E-state index is 12.1. The zero-order chi connectivity index (χ0) is 22.1. The average Bonchev–Trinajstić information content (AvgIpc) is 2.65. The lowest BCUT2D eigenvalue weighted by atomic mass is 10.1. The Hall–Kier alpha value is -3.68. The Bertz CT molecular complexity index is 934. The molecule has 0 aliphatic heterocycles. The van der Waals surface area contributed by atoms with Gasteiger partial charge in [0, 0.05) is 11.7 Å². The summed E-state index contributed by atoms with van der Waals surface area (Å²) >= 11 is 0.